The third kappa shape index (κ3) is 2.19. The highest BCUT2D eigenvalue weighted by Gasteiger charge is 2.06. The third-order valence-corrected chi connectivity index (χ3v) is 2.56. The fraction of sp³-hybridized carbons (Fsp3) is 0.0833. The molecule has 1 aromatic heterocycles. The van der Waals surface area contributed by atoms with Gasteiger partial charge in [0.25, 0.3) is 5.56 Å². The zero-order chi connectivity index (χ0) is 12.4. The normalized spacial score (nSPS) is 9.94. The second kappa shape index (κ2) is 4.40. The molecule has 0 saturated heterocycles. The summed E-state index contributed by atoms with van der Waals surface area (Å²) in [6, 6.07) is 9.95. The van der Waals surface area contributed by atoms with Crippen LogP contribution in [0.15, 0.2) is 35.1 Å². The first-order valence-corrected chi connectivity index (χ1v) is 5.26. The van der Waals surface area contributed by atoms with Gasteiger partial charge in [-0.15, -0.1) is 0 Å². The summed E-state index contributed by atoms with van der Waals surface area (Å²) in [4.78, 5) is 11.8. The highest BCUT2D eigenvalue weighted by Crippen LogP contribution is 2.11. The van der Waals surface area contributed by atoms with E-state index < -0.39 is 0 Å². The summed E-state index contributed by atoms with van der Waals surface area (Å²) in [5, 5.41) is 13.5. The van der Waals surface area contributed by atoms with Gasteiger partial charge < -0.3 is 0 Å². The van der Waals surface area contributed by atoms with E-state index in [0.717, 1.165) is 0 Å². The molecule has 0 fully saturated rings. The van der Waals surface area contributed by atoms with Gasteiger partial charge in [0.15, 0.2) is 0 Å². The van der Waals surface area contributed by atoms with Gasteiger partial charge >= 0.3 is 0 Å². The van der Waals surface area contributed by atoms with Crippen molar-refractivity contribution in [2.75, 3.05) is 0 Å². The Morgan fingerprint density at radius 1 is 1.35 bits per heavy atom. The second-order valence-electron chi connectivity index (χ2n) is 3.48. The van der Waals surface area contributed by atoms with Crippen LogP contribution in [0.3, 0.4) is 0 Å². The number of benzene rings is 1. The number of aromatic nitrogens is 2. The Balaban J connectivity index is 2.62. The Bertz CT molecular complexity index is 653. The molecular formula is C12H8ClN3O. The maximum absolute atomic E-state index is 11.8. The van der Waals surface area contributed by atoms with Crippen molar-refractivity contribution in [2.45, 2.75) is 6.92 Å². The van der Waals surface area contributed by atoms with Crippen molar-refractivity contribution in [3.05, 3.63) is 57.0 Å². The number of hydrogen-bond donors (Lipinski definition) is 0. The lowest BCUT2D eigenvalue weighted by atomic mass is 10.2. The van der Waals surface area contributed by atoms with Gasteiger partial charge in [-0.2, -0.15) is 15.0 Å². The van der Waals surface area contributed by atoms with Gasteiger partial charge in [-0.1, -0.05) is 11.6 Å². The molecule has 0 aliphatic heterocycles. The lowest BCUT2D eigenvalue weighted by Gasteiger charge is -2.05. The van der Waals surface area contributed by atoms with Crippen LogP contribution in [0.1, 0.15) is 11.3 Å². The van der Waals surface area contributed by atoms with Gasteiger partial charge in [-0.25, -0.2) is 0 Å². The Morgan fingerprint density at radius 2 is 2.00 bits per heavy atom. The van der Waals surface area contributed by atoms with Crippen LogP contribution < -0.4 is 5.56 Å². The van der Waals surface area contributed by atoms with E-state index in [4.69, 9.17) is 16.9 Å². The molecule has 0 atom stereocenters. The molecule has 0 amide bonds. The Morgan fingerprint density at radius 3 is 2.59 bits per heavy atom. The summed E-state index contributed by atoms with van der Waals surface area (Å²) < 4.78 is 1.24. The quantitative estimate of drug-likeness (QED) is 0.773. The van der Waals surface area contributed by atoms with Crippen molar-refractivity contribution >= 4 is 11.6 Å². The van der Waals surface area contributed by atoms with Gasteiger partial charge in [0.1, 0.15) is 6.07 Å². The molecule has 0 N–H and O–H groups in total. The maximum Gasteiger partial charge on any atom is 0.272 e. The van der Waals surface area contributed by atoms with E-state index in [-0.39, 0.29) is 5.56 Å². The standard InChI is InChI=1S/C12H8ClN3O/c1-8-9(7-14)6-12(17)16(15-8)11-4-2-10(13)3-5-11/h2-6H,1H3. The summed E-state index contributed by atoms with van der Waals surface area (Å²) in [6.07, 6.45) is 0. The van der Waals surface area contributed by atoms with Crippen molar-refractivity contribution in [1.82, 2.24) is 9.78 Å². The number of aryl methyl sites for hydroxylation is 1. The number of halogens is 1. The van der Waals surface area contributed by atoms with Crippen molar-refractivity contribution in [1.29, 1.82) is 5.26 Å². The number of hydrogen-bond acceptors (Lipinski definition) is 3. The van der Waals surface area contributed by atoms with Crippen molar-refractivity contribution < 1.29 is 0 Å². The molecule has 0 saturated carbocycles. The summed E-state index contributed by atoms with van der Waals surface area (Å²) in [5.41, 5.74) is 1.09. The van der Waals surface area contributed by atoms with Crippen LogP contribution >= 0.6 is 11.6 Å². The topological polar surface area (TPSA) is 58.7 Å². The van der Waals surface area contributed by atoms with E-state index in [2.05, 4.69) is 5.10 Å². The van der Waals surface area contributed by atoms with Gasteiger partial charge in [0.05, 0.1) is 16.9 Å². The SMILES string of the molecule is Cc1nn(-c2ccc(Cl)cc2)c(=O)cc1C#N. The first-order chi connectivity index (χ1) is 8.11. The van der Waals surface area contributed by atoms with Crippen LogP contribution in [0.4, 0.5) is 0 Å². The molecule has 1 heterocycles. The van der Waals surface area contributed by atoms with E-state index in [1.165, 1.54) is 10.7 Å². The molecule has 84 valence electrons. The van der Waals surface area contributed by atoms with Crippen LogP contribution in [0.25, 0.3) is 5.69 Å². The lowest BCUT2D eigenvalue weighted by Crippen LogP contribution is -2.22. The van der Waals surface area contributed by atoms with Crippen LogP contribution in [0, 0.1) is 18.3 Å². The zero-order valence-electron chi connectivity index (χ0n) is 9.01. The van der Waals surface area contributed by atoms with Crippen LogP contribution in [0.2, 0.25) is 5.02 Å². The molecule has 5 heteroatoms. The summed E-state index contributed by atoms with van der Waals surface area (Å²) in [5.74, 6) is 0. The maximum atomic E-state index is 11.8. The summed E-state index contributed by atoms with van der Waals surface area (Å²) in [7, 11) is 0. The smallest absolute Gasteiger partial charge is 0.267 e. The monoisotopic (exact) mass is 245 g/mol. The van der Waals surface area contributed by atoms with E-state index in [1.54, 1.807) is 31.2 Å². The Labute approximate surface area is 103 Å². The zero-order valence-corrected chi connectivity index (χ0v) is 9.77. The molecular weight excluding hydrogens is 238 g/mol. The van der Waals surface area contributed by atoms with Crippen LogP contribution in [-0.2, 0) is 0 Å². The van der Waals surface area contributed by atoms with Gasteiger partial charge in [0.2, 0.25) is 0 Å². The fourth-order valence-corrected chi connectivity index (χ4v) is 1.55. The second-order valence-corrected chi connectivity index (χ2v) is 3.92. The van der Waals surface area contributed by atoms with E-state index in [1.807, 2.05) is 6.07 Å². The molecule has 0 unspecified atom stereocenters. The molecule has 2 aromatic rings. The minimum absolute atomic E-state index is 0.292. The van der Waals surface area contributed by atoms with Crippen LogP contribution in [0.5, 0.6) is 0 Å². The molecule has 2 rings (SSSR count). The third-order valence-electron chi connectivity index (χ3n) is 2.31. The van der Waals surface area contributed by atoms with E-state index in [0.29, 0.717) is 22.0 Å². The Kier molecular flexibility index (Phi) is 2.94. The minimum atomic E-state index is -0.338. The van der Waals surface area contributed by atoms with Gasteiger partial charge in [-0.05, 0) is 31.2 Å². The molecule has 0 bridgehead atoms. The van der Waals surface area contributed by atoms with E-state index >= 15 is 0 Å². The average Bonchev–Trinajstić information content (AvgIpc) is 2.33. The predicted molar refractivity (Wildman–Crippen MR) is 64.3 cm³/mol. The number of rotatable bonds is 1. The van der Waals surface area contributed by atoms with Gasteiger partial charge in [-0.3, -0.25) is 4.79 Å². The predicted octanol–water partition coefficient (Wildman–Crippen LogP) is 2.07. The fourth-order valence-electron chi connectivity index (χ4n) is 1.42. The minimum Gasteiger partial charge on any atom is -0.267 e. The van der Waals surface area contributed by atoms with Crippen molar-refractivity contribution in [2.24, 2.45) is 0 Å². The van der Waals surface area contributed by atoms with Crippen LogP contribution in [-0.4, -0.2) is 9.78 Å². The number of nitrogens with zero attached hydrogens (tertiary/aromatic N) is 3. The first-order valence-electron chi connectivity index (χ1n) is 4.89. The average molecular weight is 246 g/mol. The first kappa shape index (κ1) is 11.4. The van der Waals surface area contributed by atoms with E-state index in [9.17, 15) is 4.79 Å². The van der Waals surface area contributed by atoms with Gasteiger partial charge in [0, 0.05) is 11.1 Å². The highest BCUT2D eigenvalue weighted by molar-refractivity contribution is 6.30. The highest BCUT2D eigenvalue weighted by atomic mass is 35.5. The molecule has 0 aliphatic rings. The molecule has 0 aliphatic carbocycles. The molecule has 17 heavy (non-hydrogen) atoms. The summed E-state index contributed by atoms with van der Waals surface area (Å²) in [6.45, 7) is 1.68. The van der Waals surface area contributed by atoms with Crippen molar-refractivity contribution in [3.8, 4) is 11.8 Å². The largest absolute Gasteiger partial charge is 0.272 e. The molecule has 0 spiro atoms. The van der Waals surface area contributed by atoms with Crippen molar-refractivity contribution in [3.63, 3.8) is 0 Å². The molecule has 4 nitrogen and oxygen atoms in total. The number of nitriles is 1. The molecule has 0 radical (unpaired) electrons. The summed E-state index contributed by atoms with van der Waals surface area (Å²) >= 11 is 5.77. The Hall–Kier alpha value is -2.12. The molecule has 1 aromatic carbocycles. The lowest BCUT2D eigenvalue weighted by molar-refractivity contribution is 0.782.